The first kappa shape index (κ1) is 18.7. The first-order valence-corrected chi connectivity index (χ1v) is 8.44. The predicted octanol–water partition coefficient (Wildman–Crippen LogP) is 0.261. The Hall–Kier alpha value is -2.08. The quantitative estimate of drug-likeness (QED) is 0.810. The summed E-state index contributed by atoms with van der Waals surface area (Å²) in [5.41, 5.74) is -3.79. The van der Waals surface area contributed by atoms with E-state index in [0.29, 0.717) is 6.92 Å². The monoisotopic (exact) mass is 391 g/mol. The van der Waals surface area contributed by atoms with Gasteiger partial charge in [0, 0.05) is 25.9 Å². The molecule has 12 heteroatoms. The summed E-state index contributed by atoms with van der Waals surface area (Å²) in [6.45, 7) is 0.470. The summed E-state index contributed by atoms with van der Waals surface area (Å²) in [6, 6.07) is 0. The van der Waals surface area contributed by atoms with Crippen LogP contribution >= 0.6 is 11.8 Å². The van der Waals surface area contributed by atoms with Gasteiger partial charge in [-0.2, -0.15) is 13.2 Å². The van der Waals surface area contributed by atoms with Crippen molar-refractivity contribution in [2.75, 3.05) is 6.54 Å². The molecule has 3 heterocycles. The molecule has 2 atom stereocenters. The van der Waals surface area contributed by atoms with Crippen LogP contribution in [0.4, 0.5) is 13.2 Å². The van der Waals surface area contributed by atoms with E-state index in [2.05, 4.69) is 9.98 Å². The molecular formula is C14H16F3N5O3S. The van der Waals surface area contributed by atoms with E-state index >= 15 is 0 Å². The van der Waals surface area contributed by atoms with Crippen molar-refractivity contribution in [3.05, 3.63) is 27.2 Å². The van der Waals surface area contributed by atoms with Crippen molar-refractivity contribution in [3.8, 4) is 0 Å². The summed E-state index contributed by atoms with van der Waals surface area (Å²) in [5.74, 6) is 0. The van der Waals surface area contributed by atoms with Crippen LogP contribution in [0.3, 0.4) is 0 Å². The second kappa shape index (κ2) is 5.98. The van der Waals surface area contributed by atoms with Crippen LogP contribution in [-0.4, -0.2) is 52.4 Å². The molecule has 0 amide bonds. The first-order chi connectivity index (χ1) is 11.9. The van der Waals surface area contributed by atoms with E-state index in [1.165, 1.54) is 22.5 Å². The SMILES string of the molecule is Cn1cnc2c1c(=O)n(CC1CN=C(C(C)(O)C(F)(F)F)S1)c(=O)n2C. The minimum Gasteiger partial charge on any atom is -0.375 e. The van der Waals surface area contributed by atoms with Crippen LogP contribution in [-0.2, 0) is 20.6 Å². The normalized spacial score (nSPS) is 20.4. The summed E-state index contributed by atoms with van der Waals surface area (Å²) in [4.78, 5) is 32.8. The highest BCUT2D eigenvalue weighted by atomic mass is 32.2. The number of nitrogens with zero attached hydrogens (tertiary/aromatic N) is 5. The van der Waals surface area contributed by atoms with Gasteiger partial charge >= 0.3 is 11.9 Å². The molecule has 2 aromatic heterocycles. The number of hydrogen-bond donors (Lipinski definition) is 1. The Kier molecular flexibility index (Phi) is 4.30. The van der Waals surface area contributed by atoms with Crippen molar-refractivity contribution in [2.45, 2.75) is 30.5 Å². The molecule has 1 aliphatic rings. The number of aromatic nitrogens is 4. The van der Waals surface area contributed by atoms with Gasteiger partial charge in [0.1, 0.15) is 5.04 Å². The largest absolute Gasteiger partial charge is 0.423 e. The third-order valence-corrected chi connectivity index (χ3v) is 5.65. The number of imidazole rings is 1. The Balaban J connectivity index is 1.92. The van der Waals surface area contributed by atoms with Gasteiger partial charge in [-0.05, 0) is 6.92 Å². The first-order valence-electron chi connectivity index (χ1n) is 7.56. The van der Waals surface area contributed by atoms with Crippen LogP contribution < -0.4 is 11.2 Å². The Morgan fingerprint density at radius 3 is 2.62 bits per heavy atom. The summed E-state index contributed by atoms with van der Waals surface area (Å²) in [5, 5.41) is 8.67. The van der Waals surface area contributed by atoms with Crippen LogP contribution in [0.15, 0.2) is 20.9 Å². The second-order valence-corrected chi connectivity index (χ2v) is 7.53. The van der Waals surface area contributed by atoms with E-state index in [1.54, 1.807) is 7.05 Å². The number of aliphatic imine (C=N–C) groups is 1. The lowest BCUT2D eigenvalue weighted by Gasteiger charge is -2.26. The Morgan fingerprint density at radius 2 is 2.00 bits per heavy atom. The minimum absolute atomic E-state index is 0.0365. The van der Waals surface area contributed by atoms with Crippen LogP contribution in [0.25, 0.3) is 11.2 Å². The smallest absolute Gasteiger partial charge is 0.375 e. The molecule has 26 heavy (non-hydrogen) atoms. The molecule has 0 fully saturated rings. The number of hydrogen-bond acceptors (Lipinski definition) is 6. The van der Waals surface area contributed by atoms with Gasteiger partial charge in [-0.15, -0.1) is 11.8 Å². The van der Waals surface area contributed by atoms with Crippen molar-refractivity contribution in [1.82, 2.24) is 18.7 Å². The van der Waals surface area contributed by atoms with E-state index in [-0.39, 0.29) is 24.3 Å². The number of alkyl halides is 3. The standard InChI is InChI=1S/C14H16F3N5O3S/c1-13(25,14(15,16)17)11-18-4-7(26-11)5-22-10(23)8-9(19-6-20(8)2)21(3)12(22)24/h6-7,25H,4-5H2,1-3H3. The molecule has 1 aliphatic heterocycles. The molecule has 0 spiro atoms. The molecule has 2 unspecified atom stereocenters. The van der Waals surface area contributed by atoms with Gasteiger partial charge in [0.25, 0.3) is 5.56 Å². The zero-order valence-corrected chi connectivity index (χ0v) is 14.9. The maximum absolute atomic E-state index is 12.9. The number of fused-ring (bicyclic) bond motifs is 1. The Labute approximate surface area is 149 Å². The fourth-order valence-corrected chi connectivity index (χ4v) is 3.85. The summed E-state index contributed by atoms with van der Waals surface area (Å²) < 4.78 is 42.5. The van der Waals surface area contributed by atoms with Crippen molar-refractivity contribution in [1.29, 1.82) is 0 Å². The van der Waals surface area contributed by atoms with Gasteiger partial charge in [0.05, 0.1) is 12.9 Å². The van der Waals surface area contributed by atoms with E-state index in [0.717, 1.165) is 16.3 Å². The van der Waals surface area contributed by atoms with Crippen LogP contribution in [0, 0.1) is 0 Å². The lowest BCUT2D eigenvalue weighted by molar-refractivity contribution is -0.222. The van der Waals surface area contributed by atoms with E-state index in [1.807, 2.05) is 0 Å². The molecule has 0 aromatic carbocycles. The average Bonchev–Trinajstić information content (AvgIpc) is 3.15. The number of aryl methyl sites for hydroxylation is 2. The van der Waals surface area contributed by atoms with Gasteiger partial charge < -0.3 is 9.67 Å². The molecule has 0 saturated heterocycles. The molecular weight excluding hydrogens is 375 g/mol. The number of rotatable bonds is 3. The van der Waals surface area contributed by atoms with Crippen molar-refractivity contribution in [3.63, 3.8) is 0 Å². The molecule has 2 aromatic rings. The highest BCUT2D eigenvalue weighted by Gasteiger charge is 2.55. The molecule has 0 radical (unpaired) electrons. The average molecular weight is 391 g/mol. The van der Waals surface area contributed by atoms with Gasteiger partial charge in [-0.3, -0.25) is 18.9 Å². The summed E-state index contributed by atoms with van der Waals surface area (Å²) in [7, 11) is 3.07. The molecule has 0 bridgehead atoms. The van der Waals surface area contributed by atoms with E-state index in [4.69, 9.17) is 0 Å². The maximum Gasteiger partial charge on any atom is 0.423 e. The lowest BCUT2D eigenvalue weighted by atomic mass is 10.1. The van der Waals surface area contributed by atoms with Crippen molar-refractivity contribution in [2.24, 2.45) is 19.1 Å². The van der Waals surface area contributed by atoms with E-state index < -0.39 is 33.3 Å². The maximum atomic E-state index is 12.9. The van der Waals surface area contributed by atoms with Crippen LogP contribution in [0.2, 0.25) is 0 Å². The molecule has 3 rings (SSSR count). The Morgan fingerprint density at radius 1 is 1.35 bits per heavy atom. The van der Waals surface area contributed by atoms with Crippen molar-refractivity contribution < 1.29 is 18.3 Å². The molecule has 0 aliphatic carbocycles. The number of thioether (sulfide) groups is 1. The fraction of sp³-hybridized carbons (Fsp3) is 0.571. The van der Waals surface area contributed by atoms with Crippen LogP contribution in [0.1, 0.15) is 6.92 Å². The zero-order valence-electron chi connectivity index (χ0n) is 14.1. The molecule has 142 valence electrons. The second-order valence-electron chi connectivity index (χ2n) is 6.24. The van der Waals surface area contributed by atoms with Crippen LogP contribution in [0.5, 0.6) is 0 Å². The lowest BCUT2D eigenvalue weighted by Crippen LogP contribution is -2.48. The van der Waals surface area contributed by atoms with Gasteiger partial charge in [0.15, 0.2) is 11.2 Å². The fourth-order valence-electron chi connectivity index (χ4n) is 2.66. The predicted molar refractivity (Wildman–Crippen MR) is 90.6 cm³/mol. The molecule has 1 N–H and O–H groups in total. The third kappa shape index (κ3) is 2.76. The third-order valence-electron chi connectivity index (χ3n) is 4.27. The topological polar surface area (TPSA) is 94.4 Å². The Bertz CT molecular complexity index is 1020. The molecule has 0 saturated carbocycles. The van der Waals surface area contributed by atoms with Gasteiger partial charge in [-0.1, -0.05) is 0 Å². The summed E-state index contributed by atoms with van der Waals surface area (Å²) >= 11 is 0.724. The highest BCUT2D eigenvalue weighted by Crippen LogP contribution is 2.38. The van der Waals surface area contributed by atoms with E-state index in [9.17, 15) is 27.9 Å². The zero-order chi connectivity index (χ0) is 19.4. The van der Waals surface area contributed by atoms with Crippen molar-refractivity contribution >= 4 is 28.0 Å². The highest BCUT2D eigenvalue weighted by molar-refractivity contribution is 8.15. The number of halogens is 3. The number of aliphatic hydroxyl groups is 1. The summed E-state index contributed by atoms with van der Waals surface area (Å²) in [6.07, 6.45) is -3.46. The molecule has 8 nitrogen and oxygen atoms in total. The minimum atomic E-state index is -4.87. The van der Waals surface area contributed by atoms with Gasteiger partial charge in [0.2, 0.25) is 5.60 Å². The van der Waals surface area contributed by atoms with Gasteiger partial charge in [-0.25, -0.2) is 9.78 Å².